The van der Waals surface area contributed by atoms with Crippen molar-refractivity contribution in [2.45, 2.75) is 30.8 Å². The molecule has 0 bridgehead atoms. The number of carbonyl (C=O) groups excluding carboxylic acids is 1. The number of phenolic OH excluding ortho intramolecular Hbond substituents is 1. The van der Waals surface area contributed by atoms with Crippen LogP contribution in [0.5, 0.6) is 5.75 Å². The lowest BCUT2D eigenvalue weighted by Gasteiger charge is -2.13. The molecule has 2 aromatic heterocycles. The molecule has 0 aliphatic heterocycles. The van der Waals surface area contributed by atoms with Gasteiger partial charge in [-0.15, -0.1) is 11.3 Å². The number of thiophene rings is 1. The molecule has 1 aliphatic carbocycles. The van der Waals surface area contributed by atoms with Gasteiger partial charge in [0.25, 0.3) is 11.5 Å². The number of hydrogen-bond acceptors (Lipinski definition) is 7. The van der Waals surface area contributed by atoms with Crippen LogP contribution in [0.1, 0.15) is 28.8 Å². The van der Waals surface area contributed by atoms with Crippen molar-refractivity contribution in [3.05, 3.63) is 74.9 Å². The topological polar surface area (TPSA) is 96.6 Å². The van der Waals surface area contributed by atoms with E-state index in [0.29, 0.717) is 35.2 Å². The first kappa shape index (κ1) is 26.9. The van der Waals surface area contributed by atoms with E-state index in [2.05, 4.69) is 33.1 Å². The van der Waals surface area contributed by atoms with Crippen molar-refractivity contribution in [2.75, 3.05) is 5.75 Å². The summed E-state index contributed by atoms with van der Waals surface area (Å²) >= 11 is 13.0. The molecule has 1 aliphatic rings. The van der Waals surface area contributed by atoms with Crippen LogP contribution in [0, 0.1) is 7.14 Å². The fourth-order valence-corrected chi connectivity index (χ4v) is 8.24. The van der Waals surface area contributed by atoms with Crippen molar-refractivity contribution in [3.8, 4) is 11.4 Å². The minimum absolute atomic E-state index is 0.00378. The molecular weight excluding hydrogens is 758 g/mol. The molecule has 1 amide bonds. The van der Waals surface area contributed by atoms with Gasteiger partial charge in [0.15, 0.2) is 5.16 Å². The smallest absolute Gasteiger partial charge is 0.267 e. The number of fused-ring (bicyclic) bond motifs is 3. The van der Waals surface area contributed by atoms with E-state index in [1.807, 2.05) is 28.7 Å². The molecule has 12 heteroatoms. The van der Waals surface area contributed by atoms with Crippen LogP contribution < -0.4 is 11.0 Å². The second-order valence-corrected chi connectivity index (χ2v) is 13.2. The molecule has 2 N–H and O–H groups in total. The van der Waals surface area contributed by atoms with Gasteiger partial charge in [-0.05, 0) is 113 Å². The molecule has 0 spiro atoms. The summed E-state index contributed by atoms with van der Waals surface area (Å²) in [5.74, 6) is -0.246. The van der Waals surface area contributed by atoms with E-state index in [9.17, 15) is 14.7 Å². The van der Waals surface area contributed by atoms with Gasteiger partial charge >= 0.3 is 0 Å². The number of nitrogens with one attached hydrogen (secondary N) is 1. The maximum atomic E-state index is 13.8. The summed E-state index contributed by atoms with van der Waals surface area (Å²) in [7, 11) is 0. The Bertz CT molecular complexity index is 1600. The van der Waals surface area contributed by atoms with Gasteiger partial charge in [-0.25, -0.2) is 10.4 Å². The zero-order chi connectivity index (χ0) is 26.1. The molecule has 190 valence electrons. The number of aromatic hydroxyl groups is 1. The number of benzene rings is 2. The number of carbonyl (C=O) groups is 1. The highest BCUT2D eigenvalue weighted by Crippen LogP contribution is 2.35. The predicted molar refractivity (Wildman–Crippen MR) is 167 cm³/mol. The highest BCUT2D eigenvalue weighted by Gasteiger charge is 2.23. The van der Waals surface area contributed by atoms with E-state index < -0.39 is 0 Å². The number of hydrazone groups is 1. The maximum absolute atomic E-state index is 13.8. The SMILES string of the molecule is O=C(CSc1nc2sc3c(c2c(=O)n1-c1ccc(Cl)cc1)CCCC3)NN=Cc1cc(I)cc(I)c1O. The zero-order valence-corrected chi connectivity index (χ0v) is 25.8. The second-order valence-electron chi connectivity index (χ2n) is 8.31. The van der Waals surface area contributed by atoms with Crippen LogP contribution >= 0.6 is 79.9 Å². The molecule has 7 nitrogen and oxygen atoms in total. The van der Waals surface area contributed by atoms with E-state index in [1.165, 1.54) is 22.9 Å². The van der Waals surface area contributed by atoms with Gasteiger partial charge in [-0.2, -0.15) is 5.10 Å². The third-order valence-corrected chi connectivity index (χ3v) is 9.65. The van der Waals surface area contributed by atoms with Crippen molar-refractivity contribution in [3.63, 3.8) is 0 Å². The standard InChI is InChI=1S/C25H19ClI2N4O3S2/c26-14-5-7-16(8-6-14)32-24(35)21-17-3-1-2-4-19(17)37-23(21)30-25(32)36-12-20(33)31-29-11-13-9-15(27)10-18(28)22(13)34/h5-11,34H,1-4,12H2,(H,31,33). The lowest BCUT2D eigenvalue weighted by Crippen LogP contribution is -2.24. The third-order valence-electron chi connectivity index (χ3n) is 5.83. The first-order chi connectivity index (χ1) is 17.8. The highest BCUT2D eigenvalue weighted by molar-refractivity contribution is 14.1. The number of aromatic nitrogens is 2. The Hall–Kier alpha value is -1.68. The lowest BCUT2D eigenvalue weighted by molar-refractivity contribution is -0.118. The molecular formula is C25H19ClI2N4O3S2. The van der Waals surface area contributed by atoms with Crippen LogP contribution in [-0.4, -0.2) is 32.5 Å². The molecule has 2 aromatic carbocycles. The largest absolute Gasteiger partial charge is 0.506 e. The molecule has 0 saturated heterocycles. The molecule has 0 fully saturated rings. The van der Waals surface area contributed by atoms with Crippen LogP contribution in [0.3, 0.4) is 0 Å². The minimum atomic E-state index is -0.358. The Morgan fingerprint density at radius 2 is 2.00 bits per heavy atom. The van der Waals surface area contributed by atoms with Crippen molar-refractivity contribution < 1.29 is 9.90 Å². The van der Waals surface area contributed by atoms with Crippen molar-refractivity contribution in [1.29, 1.82) is 0 Å². The van der Waals surface area contributed by atoms with Gasteiger partial charge in [0, 0.05) is 19.0 Å². The van der Waals surface area contributed by atoms with E-state index in [4.69, 9.17) is 16.6 Å². The van der Waals surface area contributed by atoms with Crippen LogP contribution in [0.15, 0.2) is 51.5 Å². The maximum Gasteiger partial charge on any atom is 0.267 e. The quantitative estimate of drug-likeness (QED) is 0.0808. The number of aryl methyl sites for hydroxylation is 2. The normalized spacial score (nSPS) is 13.3. The number of rotatable bonds is 6. The van der Waals surface area contributed by atoms with Crippen molar-refractivity contribution >= 4 is 102 Å². The number of hydrogen-bond donors (Lipinski definition) is 2. The number of amides is 1. The number of halogens is 3. The summed E-state index contributed by atoms with van der Waals surface area (Å²) in [5.41, 5.74) is 4.63. The minimum Gasteiger partial charge on any atom is -0.506 e. The zero-order valence-electron chi connectivity index (χ0n) is 19.1. The van der Waals surface area contributed by atoms with Gasteiger partial charge in [0.1, 0.15) is 10.6 Å². The fraction of sp³-hybridized carbons (Fsp3) is 0.200. The van der Waals surface area contributed by atoms with Crippen LogP contribution in [0.25, 0.3) is 15.9 Å². The second kappa shape index (κ2) is 11.6. The summed E-state index contributed by atoms with van der Waals surface area (Å²) in [6, 6.07) is 10.6. The average molecular weight is 777 g/mol. The van der Waals surface area contributed by atoms with Crippen molar-refractivity contribution in [1.82, 2.24) is 15.0 Å². The number of nitrogens with zero attached hydrogens (tertiary/aromatic N) is 3. The Morgan fingerprint density at radius 1 is 1.24 bits per heavy atom. The summed E-state index contributed by atoms with van der Waals surface area (Å²) in [4.78, 5) is 33.1. The van der Waals surface area contributed by atoms with Gasteiger partial charge < -0.3 is 5.11 Å². The van der Waals surface area contributed by atoms with E-state index in [0.717, 1.165) is 34.8 Å². The first-order valence-corrected chi connectivity index (χ1v) is 15.6. The van der Waals surface area contributed by atoms with Gasteiger partial charge in [0.05, 0.1) is 26.6 Å². The van der Waals surface area contributed by atoms with Crippen molar-refractivity contribution in [2.24, 2.45) is 5.10 Å². The highest BCUT2D eigenvalue weighted by atomic mass is 127. The molecule has 5 rings (SSSR count). The molecule has 2 heterocycles. The molecule has 0 unspecified atom stereocenters. The summed E-state index contributed by atoms with van der Waals surface area (Å²) in [6.45, 7) is 0. The third kappa shape index (κ3) is 5.84. The monoisotopic (exact) mass is 776 g/mol. The fourth-order valence-electron chi connectivity index (χ4n) is 4.12. The van der Waals surface area contributed by atoms with E-state index in [1.54, 1.807) is 46.2 Å². The Morgan fingerprint density at radius 3 is 2.78 bits per heavy atom. The van der Waals surface area contributed by atoms with Gasteiger partial charge in [-0.3, -0.25) is 14.2 Å². The summed E-state index contributed by atoms with van der Waals surface area (Å²) in [5, 5.41) is 15.9. The lowest BCUT2D eigenvalue weighted by atomic mass is 9.97. The summed E-state index contributed by atoms with van der Waals surface area (Å²) < 4.78 is 3.21. The first-order valence-electron chi connectivity index (χ1n) is 11.3. The Balaban J connectivity index is 1.42. The predicted octanol–water partition coefficient (Wildman–Crippen LogP) is 6.14. The van der Waals surface area contributed by atoms with E-state index >= 15 is 0 Å². The van der Waals surface area contributed by atoms with Gasteiger partial charge in [-0.1, -0.05) is 23.4 Å². The summed E-state index contributed by atoms with van der Waals surface area (Å²) in [6.07, 6.45) is 5.44. The number of thioether (sulfide) groups is 1. The Kier molecular flexibility index (Phi) is 8.43. The Labute approximate surface area is 253 Å². The van der Waals surface area contributed by atoms with Crippen LogP contribution in [0.2, 0.25) is 5.02 Å². The molecule has 37 heavy (non-hydrogen) atoms. The molecule has 0 atom stereocenters. The number of phenols is 1. The van der Waals surface area contributed by atoms with Gasteiger partial charge in [0.2, 0.25) is 0 Å². The average Bonchev–Trinajstić information content (AvgIpc) is 3.25. The van der Waals surface area contributed by atoms with Crippen LogP contribution in [0.4, 0.5) is 0 Å². The molecule has 4 aromatic rings. The van der Waals surface area contributed by atoms with Crippen LogP contribution in [-0.2, 0) is 17.6 Å². The molecule has 0 saturated carbocycles. The van der Waals surface area contributed by atoms with E-state index in [-0.39, 0.29) is 23.0 Å². The molecule has 0 radical (unpaired) electrons.